The molecule has 0 bridgehead atoms. The van der Waals surface area contributed by atoms with Gasteiger partial charge in [-0.15, -0.1) is 0 Å². The second-order valence-corrected chi connectivity index (χ2v) is 5.88. The second-order valence-electron chi connectivity index (χ2n) is 5.50. The lowest BCUT2D eigenvalue weighted by atomic mass is 10.1. The van der Waals surface area contributed by atoms with E-state index in [-0.39, 0.29) is 16.6 Å². The lowest BCUT2D eigenvalue weighted by Crippen LogP contribution is -2.27. The molecule has 0 aliphatic carbocycles. The molecule has 21 heavy (non-hydrogen) atoms. The minimum Gasteiger partial charge on any atom is -0.380 e. The summed E-state index contributed by atoms with van der Waals surface area (Å²) in [7, 11) is 0. The van der Waals surface area contributed by atoms with E-state index >= 15 is 0 Å². The van der Waals surface area contributed by atoms with Crippen LogP contribution in [0.5, 0.6) is 0 Å². The molecule has 2 aromatic rings. The molecular weight excluding hydrogens is 286 g/mol. The molecule has 0 radical (unpaired) electrons. The van der Waals surface area contributed by atoms with Crippen LogP contribution in [-0.4, -0.2) is 15.8 Å². The molecule has 0 aliphatic rings. The average molecular weight is 306 g/mol. The fourth-order valence-corrected chi connectivity index (χ4v) is 2.05. The highest BCUT2D eigenvalue weighted by atomic mass is 35.5. The normalized spacial score (nSPS) is 12.4. The second kappa shape index (κ2) is 6.76. The maximum Gasteiger partial charge on any atom is 0.287 e. The van der Waals surface area contributed by atoms with Gasteiger partial charge in [-0.25, -0.2) is 4.68 Å². The highest BCUT2D eigenvalue weighted by Crippen LogP contribution is 2.18. The van der Waals surface area contributed by atoms with E-state index in [1.807, 2.05) is 30.3 Å². The molecule has 0 saturated heterocycles. The first-order valence-electron chi connectivity index (χ1n) is 7.05. The third-order valence-corrected chi connectivity index (χ3v) is 3.91. The van der Waals surface area contributed by atoms with Crippen LogP contribution in [0.15, 0.2) is 41.3 Å². The van der Waals surface area contributed by atoms with E-state index in [0.717, 1.165) is 5.56 Å². The number of hydrogen-bond acceptors (Lipinski definition) is 3. The molecular formula is C16H20ClN3O. The lowest BCUT2D eigenvalue weighted by molar-refractivity contribution is 0.558. The van der Waals surface area contributed by atoms with Gasteiger partial charge in [0, 0.05) is 6.04 Å². The summed E-state index contributed by atoms with van der Waals surface area (Å²) in [5.74, 6) is 0.438. The molecule has 0 unspecified atom stereocenters. The first kappa shape index (κ1) is 15.6. The molecule has 0 saturated carbocycles. The molecule has 2 rings (SSSR count). The zero-order chi connectivity index (χ0) is 15.4. The summed E-state index contributed by atoms with van der Waals surface area (Å²) < 4.78 is 1.38. The number of rotatable bonds is 5. The van der Waals surface area contributed by atoms with Crippen molar-refractivity contribution in [2.45, 2.75) is 33.4 Å². The van der Waals surface area contributed by atoms with Gasteiger partial charge in [0.2, 0.25) is 0 Å². The third-order valence-electron chi connectivity index (χ3n) is 3.54. The Morgan fingerprint density at radius 3 is 2.52 bits per heavy atom. The molecule has 0 aliphatic heterocycles. The van der Waals surface area contributed by atoms with Crippen LogP contribution in [0.4, 0.5) is 5.69 Å². The fraction of sp³-hybridized carbons (Fsp3) is 0.375. The highest BCUT2D eigenvalue weighted by Gasteiger charge is 2.13. The van der Waals surface area contributed by atoms with Gasteiger partial charge in [-0.05, 0) is 18.4 Å². The minimum absolute atomic E-state index is 0.188. The van der Waals surface area contributed by atoms with E-state index in [1.54, 1.807) is 6.20 Å². The van der Waals surface area contributed by atoms with Crippen molar-refractivity contribution in [1.82, 2.24) is 9.78 Å². The van der Waals surface area contributed by atoms with Gasteiger partial charge in [0.1, 0.15) is 5.02 Å². The number of nitrogens with zero attached hydrogens (tertiary/aromatic N) is 2. The summed E-state index contributed by atoms with van der Waals surface area (Å²) in [6, 6.07) is 9.93. The zero-order valence-electron chi connectivity index (χ0n) is 12.5. The Labute approximate surface area is 129 Å². The molecule has 0 spiro atoms. The molecule has 5 heteroatoms. The van der Waals surface area contributed by atoms with Gasteiger partial charge in [-0.3, -0.25) is 4.79 Å². The molecule has 1 aromatic carbocycles. The number of nitrogens with one attached hydrogen (secondary N) is 1. The Kier molecular flexibility index (Phi) is 5.02. The van der Waals surface area contributed by atoms with E-state index in [1.165, 1.54) is 4.68 Å². The average Bonchev–Trinajstić information content (AvgIpc) is 2.47. The molecule has 1 aromatic heterocycles. The van der Waals surface area contributed by atoms with Crippen LogP contribution in [0, 0.1) is 5.92 Å². The van der Waals surface area contributed by atoms with Gasteiger partial charge in [-0.2, -0.15) is 5.10 Å². The third kappa shape index (κ3) is 3.85. The first-order valence-corrected chi connectivity index (χ1v) is 7.43. The van der Waals surface area contributed by atoms with Crippen molar-refractivity contribution in [3.63, 3.8) is 0 Å². The van der Waals surface area contributed by atoms with E-state index in [0.29, 0.717) is 18.2 Å². The van der Waals surface area contributed by atoms with Crippen molar-refractivity contribution in [2.75, 3.05) is 5.32 Å². The fourth-order valence-electron chi connectivity index (χ4n) is 1.85. The maximum absolute atomic E-state index is 12.3. The van der Waals surface area contributed by atoms with Crippen LogP contribution in [0.1, 0.15) is 26.3 Å². The highest BCUT2D eigenvalue weighted by molar-refractivity contribution is 6.32. The standard InChI is InChI=1S/C16H20ClN3O/c1-11(2)12(3)19-14-9-18-20(16(21)15(14)17)10-13-7-5-4-6-8-13/h4-9,11-12,19H,10H2,1-3H3/t12-/m1/s1. The van der Waals surface area contributed by atoms with Crippen molar-refractivity contribution >= 4 is 17.3 Å². The van der Waals surface area contributed by atoms with Gasteiger partial charge in [0.25, 0.3) is 5.56 Å². The van der Waals surface area contributed by atoms with E-state index in [2.05, 4.69) is 31.2 Å². The molecule has 1 atom stereocenters. The van der Waals surface area contributed by atoms with Crippen LogP contribution in [0.25, 0.3) is 0 Å². The topological polar surface area (TPSA) is 46.9 Å². The SMILES string of the molecule is CC(C)[C@@H](C)Nc1cnn(Cc2ccccc2)c(=O)c1Cl. The van der Waals surface area contributed by atoms with Crippen molar-refractivity contribution in [3.05, 3.63) is 57.5 Å². The number of halogens is 1. The predicted molar refractivity (Wildman–Crippen MR) is 87.0 cm³/mol. The summed E-state index contributed by atoms with van der Waals surface area (Å²) in [6.07, 6.45) is 1.62. The van der Waals surface area contributed by atoms with Gasteiger partial charge in [0.05, 0.1) is 18.4 Å². The van der Waals surface area contributed by atoms with Crippen LogP contribution >= 0.6 is 11.6 Å². The van der Waals surface area contributed by atoms with Crippen molar-refractivity contribution in [1.29, 1.82) is 0 Å². The molecule has 1 N–H and O–H groups in total. The van der Waals surface area contributed by atoms with Gasteiger partial charge >= 0.3 is 0 Å². The largest absolute Gasteiger partial charge is 0.380 e. The van der Waals surface area contributed by atoms with Crippen LogP contribution < -0.4 is 10.9 Å². The Morgan fingerprint density at radius 2 is 1.90 bits per heavy atom. The molecule has 0 amide bonds. The van der Waals surface area contributed by atoms with Gasteiger partial charge < -0.3 is 5.32 Å². The summed E-state index contributed by atoms with van der Waals surface area (Å²) in [6.45, 7) is 6.68. The molecule has 1 heterocycles. The summed E-state index contributed by atoms with van der Waals surface area (Å²) in [5.41, 5.74) is 1.33. The zero-order valence-corrected chi connectivity index (χ0v) is 13.3. The number of anilines is 1. The summed E-state index contributed by atoms with van der Waals surface area (Å²) in [5, 5.41) is 7.63. The van der Waals surface area contributed by atoms with Gasteiger partial charge in [-0.1, -0.05) is 55.8 Å². The minimum atomic E-state index is -0.276. The van der Waals surface area contributed by atoms with Crippen LogP contribution in [0.2, 0.25) is 5.02 Å². The van der Waals surface area contributed by atoms with Gasteiger partial charge in [0.15, 0.2) is 0 Å². The number of hydrogen-bond donors (Lipinski definition) is 1. The lowest BCUT2D eigenvalue weighted by Gasteiger charge is -2.19. The molecule has 4 nitrogen and oxygen atoms in total. The van der Waals surface area contributed by atoms with Crippen molar-refractivity contribution < 1.29 is 0 Å². The monoisotopic (exact) mass is 305 g/mol. The first-order chi connectivity index (χ1) is 9.99. The molecule has 112 valence electrons. The van der Waals surface area contributed by atoms with Crippen molar-refractivity contribution in [2.24, 2.45) is 5.92 Å². The smallest absolute Gasteiger partial charge is 0.287 e. The Bertz CT molecular complexity index is 652. The summed E-state index contributed by atoms with van der Waals surface area (Å²) >= 11 is 6.18. The van der Waals surface area contributed by atoms with E-state index in [4.69, 9.17) is 11.6 Å². The predicted octanol–water partition coefficient (Wildman–Crippen LogP) is 3.40. The maximum atomic E-state index is 12.3. The Balaban J connectivity index is 2.24. The number of aromatic nitrogens is 2. The Hall–Kier alpha value is -1.81. The number of benzene rings is 1. The molecule has 0 fully saturated rings. The van der Waals surface area contributed by atoms with E-state index in [9.17, 15) is 4.79 Å². The summed E-state index contributed by atoms with van der Waals surface area (Å²) in [4.78, 5) is 12.3. The Morgan fingerprint density at radius 1 is 1.24 bits per heavy atom. The quantitative estimate of drug-likeness (QED) is 0.921. The van der Waals surface area contributed by atoms with Crippen molar-refractivity contribution in [3.8, 4) is 0 Å². The van der Waals surface area contributed by atoms with E-state index < -0.39 is 0 Å². The van der Waals surface area contributed by atoms with Crippen LogP contribution in [0.3, 0.4) is 0 Å². The van der Waals surface area contributed by atoms with Crippen LogP contribution in [-0.2, 0) is 6.54 Å².